The van der Waals surface area contributed by atoms with Gasteiger partial charge in [0.2, 0.25) is 0 Å². The van der Waals surface area contributed by atoms with E-state index in [0.29, 0.717) is 5.82 Å². The first kappa shape index (κ1) is 17.7. The van der Waals surface area contributed by atoms with Crippen molar-refractivity contribution in [1.82, 2.24) is 9.97 Å². The predicted octanol–water partition coefficient (Wildman–Crippen LogP) is 4.56. The number of hydrogen-bond acceptors (Lipinski definition) is 4. The van der Waals surface area contributed by atoms with Gasteiger partial charge in [0.1, 0.15) is 18.0 Å². The van der Waals surface area contributed by atoms with Crippen LogP contribution in [0.4, 0.5) is 11.6 Å². The normalized spacial score (nSPS) is 10.8. The summed E-state index contributed by atoms with van der Waals surface area (Å²) in [6, 6.07) is 0. The Bertz CT molecular complexity index is 379. The first-order valence-electron chi connectivity index (χ1n) is 8.62. The molecular weight excluding hydrogens is 260 g/mol. The fraction of sp³-hybridized carbons (Fsp3) is 0.765. The molecule has 120 valence electrons. The summed E-state index contributed by atoms with van der Waals surface area (Å²) in [5.41, 5.74) is 7.00. The van der Waals surface area contributed by atoms with Crippen molar-refractivity contribution in [3.05, 3.63) is 11.9 Å². The van der Waals surface area contributed by atoms with Crippen LogP contribution in [0.25, 0.3) is 0 Å². The van der Waals surface area contributed by atoms with Crippen molar-refractivity contribution in [1.29, 1.82) is 0 Å². The molecule has 0 aromatic carbocycles. The van der Waals surface area contributed by atoms with Gasteiger partial charge in [0.25, 0.3) is 0 Å². The van der Waals surface area contributed by atoms with E-state index >= 15 is 0 Å². The van der Waals surface area contributed by atoms with Gasteiger partial charge in [0.05, 0.1) is 0 Å². The number of nitrogens with one attached hydrogen (secondary N) is 1. The van der Waals surface area contributed by atoms with Crippen LogP contribution < -0.4 is 11.1 Å². The molecule has 0 aliphatic heterocycles. The smallest absolute Gasteiger partial charge is 0.134 e. The van der Waals surface area contributed by atoms with Crippen LogP contribution in [0, 0.1) is 0 Å². The summed E-state index contributed by atoms with van der Waals surface area (Å²) in [7, 11) is 0. The average molecular weight is 292 g/mol. The maximum absolute atomic E-state index is 5.93. The number of nitrogen functional groups attached to an aromatic ring is 1. The highest BCUT2D eigenvalue weighted by molar-refractivity contribution is 5.54. The number of rotatable bonds is 12. The van der Waals surface area contributed by atoms with Crippen LogP contribution in [0.5, 0.6) is 0 Å². The highest BCUT2D eigenvalue weighted by Crippen LogP contribution is 2.19. The molecule has 1 aromatic rings. The first-order valence-corrected chi connectivity index (χ1v) is 8.62. The van der Waals surface area contributed by atoms with Crippen LogP contribution in [-0.2, 0) is 6.42 Å². The fourth-order valence-electron chi connectivity index (χ4n) is 2.54. The number of unbranched alkanes of at least 4 members (excludes halogenated alkanes) is 7. The Balaban J connectivity index is 2.16. The van der Waals surface area contributed by atoms with Gasteiger partial charge < -0.3 is 11.1 Å². The Kier molecular flexibility index (Phi) is 9.58. The molecule has 0 saturated carbocycles. The van der Waals surface area contributed by atoms with Gasteiger partial charge in [-0.25, -0.2) is 9.97 Å². The molecule has 4 nitrogen and oxygen atoms in total. The van der Waals surface area contributed by atoms with E-state index in [-0.39, 0.29) is 0 Å². The lowest BCUT2D eigenvalue weighted by Crippen LogP contribution is -2.09. The van der Waals surface area contributed by atoms with Crippen molar-refractivity contribution < 1.29 is 0 Å². The molecule has 0 fully saturated rings. The lowest BCUT2D eigenvalue weighted by molar-refractivity contribution is 0.581. The molecule has 0 amide bonds. The molecule has 1 rings (SSSR count). The topological polar surface area (TPSA) is 63.8 Å². The molecule has 0 aliphatic carbocycles. The molecule has 0 aliphatic rings. The third-order valence-corrected chi connectivity index (χ3v) is 3.80. The average Bonchev–Trinajstić information content (AvgIpc) is 2.49. The molecule has 1 heterocycles. The Morgan fingerprint density at radius 2 is 1.57 bits per heavy atom. The minimum Gasteiger partial charge on any atom is -0.383 e. The minimum atomic E-state index is 0.616. The molecule has 3 N–H and O–H groups in total. The van der Waals surface area contributed by atoms with E-state index < -0.39 is 0 Å². The predicted molar refractivity (Wildman–Crippen MR) is 91.5 cm³/mol. The van der Waals surface area contributed by atoms with Crippen molar-refractivity contribution in [2.24, 2.45) is 0 Å². The number of aromatic nitrogens is 2. The van der Waals surface area contributed by atoms with Gasteiger partial charge in [-0.3, -0.25) is 0 Å². The van der Waals surface area contributed by atoms with Crippen molar-refractivity contribution in [2.45, 2.75) is 78.1 Å². The zero-order valence-electron chi connectivity index (χ0n) is 13.8. The molecule has 4 heteroatoms. The molecule has 1 aromatic heterocycles. The van der Waals surface area contributed by atoms with E-state index in [1.54, 1.807) is 6.33 Å². The molecule has 0 bridgehead atoms. The first-order chi connectivity index (χ1) is 10.3. The van der Waals surface area contributed by atoms with E-state index in [9.17, 15) is 0 Å². The minimum absolute atomic E-state index is 0.616. The molecular formula is C17H32N4. The van der Waals surface area contributed by atoms with Crippen LogP contribution >= 0.6 is 0 Å². The van der Waals surface area contributed by atoms with Gasteiger partial charge in [-0.05, 0) is 12.8 Å². The summed E-state index contributed by atoms with van der Waals surface area (Å²) in [4.78, 5) is 8.40. The lowest BCUT2D eigenvalue weighted by atomic mass is 10.1. The van der Waals surface area contributed by atoms with E-state index in [2.05, 4.69) is 29.1 Å². The molecule has 21 heavy (non-hydrogen) atoms. The molecule has 0 spiro atoms. The third kappa shape index (κ3) is 7.30. The second-order valence-corrected chi connectivity index (χ2v) is 5.74. The van der Waals surface area contributed by atoms with Crippen molar-refractivity contribution in [2.75, 3.05) is 17.6 Å². The summed E-state index contributed by atoms with van der Waals surface area (Å²) in [6.45, 7) is 5.38. The van der Waals surface area contributed by atoms with Gasteiger partial charge in [0, 0.05) is 12.1 Å². The highest BCUT2D eigenvalue weighted by atomic mass is 15.0. The van der Waals surface area contributed by atoms with E-state index in [1.807, 2.05) is 0 Å². The van der Waals surface area contributed by atoms with Crippen molar-refractivity contribution in [3.63, 3.8) is 0 Å². The van der Waals surface area contributed by atoms with Crippen LogP contribution in [0.3, 0.4) is 0 Å². The van der Waals surface area contributed by atoms with Crippen molar-refractivity contribution >= 4 is 11.6 Å². The zero-order chi connectivity index (χ0) is 15.3. The van der Waals surface area contributed by atoms with Crippen molar-refractivity contribution in [3.8, 4) is 0 Å². The summed E-state index contributed by atoms with van der Waals surface area (Å²) >= 11 is 0. The van der Waals surface area contributed by atoms with Gasteiger partial charge >= 0.3 is 0 Å². The van der Waals surface area contributed by atoms with Crippen LogP contribution in [-0.4, -0.2) is 16.5 Å². The Hall–Kier alpha value is -1.32. The molecule has 0 unspecified atom stereocenters. The summed E-state index contributed by atoms with van der Waals surface area (Å²) in [5.74, 6) is 1.54. The van der Waals surface area contributed by atoms with Gasteiger partial charge in [-0.1, -0.05) is 65.2 Å². The summed E-state index contributed by atoms with van der Waals surface area (Å²) < 4.78 is 0. The largest absolute Gasteiger partial charge is 0.383 e. The standard InChI is InChI=1S/C17H32N4/c1-3-5-6-7-8-9-10-11-13-19-17-15(12-4-2)16(18)20-14-21-17/h14H,3-13H2,1-2H3,(H3,18,19,20,21). The molecule has 0 radical (unpaired) electrons. The number of nitrogens with two attached hydrogens (primary N) is 1. The van der Waals surface area contributed by atoms with Crippen LogP contribution in [0.2, 0.25) is 0 Å². The summed E-state index contributed by atoms with van der Waals surface area (Å²) in [6.07, 6.45) is 14.3. The van der Waals surface area contributed by atoms with Crippen LogP contribution in [0.1, 0.15) is 77.2 Å². The Morgan fingerprint density at radius 1 is 0.905 bits per heavy atom. The monoisotopic (exact) mass is 292 g/mol. The summed E-state index contributed by atoms with van der Waals surface area (Å²) in [5, 5.41) is 3.42. The zero-order valence-corrected chi connectivity index (χ0v) is 13.8. The van der Waals surface area contributed by atoms with E-state index in [0.717, 1.165) is 30.8 Å². The van der Waals surface area contributed by atoms with Crippen LogP contribution in [0.15, 0.2) is 6.33 Å². The van der Waals surface area contributed by atoms with E-state index in [1.165, 1.54) is 51.4 Å². The van der Waals surface area contributed by atoms with E-state index in [4.69, 9.17) is 5.73 Å². The third-order valence-electron chi connectivity index (χ3n) is 3.80. The maximum Gasteiger partial charge on any atom is 0.134 e. The lowest BCUT2D eigenvalue weighted by Gasteiger charge is -2.11. The number of nitrogens with zero attached hydrogens (tertiary/aromatic N) is 2. The van der Waals surface area contributed by atoms with Gasteiger partial charge in [-0.2, -0.15) is 0 Å². The van der Waals surface area contributed by atoms with Gasteiger partial charge in [-0.15, -0.1) is 0 Å². The number of hydrogen-bond donors (Lipinski definition) is 2. The fourth-order valence-corrected chi connectivity index (χ4v) is 2.54. The quantitative estimate of drug-likeness (QED) is 0.554. The molecule has 0 saturated heterocycles. The second-order valence-electron chi connectivity index (χ2n) is 5.74. The SMILES string of the molecule is CCCCCCCCCCNc1ncnc(N)c1CCC. The molecule has 0 atom stereocenters. The second kappa shape index (κ2) is 11.4. The Morgan fingerprint density at radius 3 is 2.24 bits per heavy atom. The number of anilines is 2. The Labute approximate surface area is 130 Å². The van der Waals surface area contributed by atoms with Gasteiger partial charge in [0.15, 0.2) is 0 Å². The maximum atomic E-state index is 5.93. The highest BCUT2D eigenvalue weighted by Gasteiger charge is 2.07.